The van der Waals surface area contributed by atoms with E-state index in [2.05, 4.69) is 28.6 Å². The van der Waals surface area contributed by atoms with E-state index in [1.54, 1.807) is 12.3 Å². The van der Waals surface area contributed by atoms with Gasteiger partial charge in [-0.05, 0) is 43.7 Å². The highest BCUT2D eigenvalue weighted by Crippen LogP contribution is 2.36. The Balaban J connectivity index is 1.31. The summed E-state index contributed by atoms with van der Waals surface area (Å²) in [6, 6.07) is 8.42. The van der Waals surface area contributed by atoms with Crippen LogP contribution in [0, 0.1) is 5.82 Å². The molecular weight excluding hydrogens is 535 g/mol. The summed E-state index contributed by atoms with van der Waals surface area (Å²) >= 11 is 5.89. The quantitative estimate of drug-likeness (QED) is 0.424. The second kappa shape index (κ2) is 10.4. The maximum absolute atomic E-state index is 14.2. The first-order valence-corrected chi connectivity index (χ1v) is 13.6. The van der Waals surface area contributed by atoms with Gasteiger partial charge in [0.1, 0.15) is 11.6 Å². The van der Waals surface area contributed by atoms with E-state index in [0.717, 1.165) is 28.3 Å². The molecular formula is C29H34ClFN6O3. The lowest BCUT2D eigenvalue weighted by Crippen LogP contribution is -2.62. The highest BCUT2D eigenvalue weighted by atomic mass is 35.5. The number of methoxy groups -OCH3 is 1. The summed E-state index contributed by atoms with van der Waals surface area (Å²) in [5, 5.41) is 4.85. The van der Waals surface area contributed by atoms with Crippen molar-refractivity contribution in [1.29, 1.82) is 0 Å². The van der Waals surface area contributed by atoms with Crippen molar-refractivity contribution in [2.45, 2.75) is 51.6 Å². The standard InChI is InChI=1S/C29H34ClFN6O3/c1-28(2)17-35(21-7-8-22(30)23(31)13-21)15-20-16-37(33-26(20)28)27(39)36-11-10-34(18-29(36,3)4)24-9-6-19(14-32-24)12-25(38)40-5/h6-9,13-14,16H,10-12,15,17-18H2,1-5H3. The number of hydrogen-bond donors (Lipinski definition) is 0. The third-order valence-corrected chi connectivity index (χ3v) is 7.99. The van der Waals surface area contributed by atoms with E-state index in [9.17, 15) is 14.0 Å². The van der Waals surface area contributed by atoms with Gasteiger partial charge >= 0.3 is 12.0 Å². The van der Waals surface area contributed by atoms with Gasteiger partial charge < -0.3 is 19.4 Å². The number of halogens is 2. The van der Waals surface area contributed by atoms with Gasteiger partial charge in [0.25, 0.3) is 0 Å². The molecule has 3 aromatic rings. The molecule has 212 valence electrons. The largest absolute Gasteiger partial charge is 0.469 e. The van der Waals surface area contributed by atoms with Gasteiger partial charge in [0.2, 0.25) is 0 Å². The number of benzene rings is 1. The Morgan fingerprint density at radius 1 is 1.07 bits per heavy atom. The number of anilines is 2. The second-order valence-electron chi connectivity index (χ2n) is 11.7. The Bertz CT molecular complexity index is 1440. The molecule has 1 aromatic carbocycles. The number of pyridine rings is 1. The monoisotopic (exact) mass is 568 g/mol. The van der Waals surface area contributed by atoms with E-state index in [1.165, 1.54) is 17.9 Å². The van der Waals surface area contributed by atoms with Crippen LogP contribution < -0.4 is 9.80 Å². The van der Waals surface area contributed by atoms with E-state index >= 15 is 0 Å². The molecule has 2 aliphatic rings. The minimum absolute atomic E-state index is 0.0909. The molecule has 40 heavy (non-hydrogen) atoms. The lowest BCUT2D eigenvalue weighted by atomic mass is 9.83. The Hall–Kier alpha value is -3.66. The fourth-order valence-electron chi connectivity index (χ4n) is 5.65. The number of aromatic nitrogens is 3. The molecule has 0 unspecified atom stereocenters. The van der Waals surface area contributed by atoms with Gasteiger partial charge in [-0.15, -0.1) is 0 Å². The van der Waals surface area contributed by atoms with E-state index in [-0.39, 0.29) is 28.9 Å². The van der Waals surface area contributed by atoms with Crippen LogP contribution in [-0.4, -0.2) is 70.5 Å². The van der Waals surface area contributed by atoms with Crippen LogP contribution in [0.4, 0.5) is 20.7 Å². The molecule has 0 aliphatic carbocycles. The number of piperazine rings is 1. The summed E-state index contributed by atoms with van der Waals surface area (Å²) < 4.78 is 20.4. The topological polar surface area (TPSA) is 83.8 Å². The summed E-state index contributed by atoms with van der Waals surface area (Å²) in [6.45, 7) is 11.1. The number of carbonyl (C=O) groups excluding carboxylic acids is 2. The third-order valence-electron chi connectivity index (χ3n) is 7.68. The maximum Gasteiger partial charge on any atom is 0.345 e. The second-order valence-corrected chi connectivity index (χ2v) is 12.1. The van der Waals surface area contributed by atoms with Crippen molar-refractivity contribution < 1.29 is 18.7 Å². The normalized spacial score (nSPS) is 17.9. The lowest BCUT2D eigenvalue weighted by molar-refractivity contribution is -0.139. The summed E-state index contributed by atoms with van der Waals surface area (Å²) in [5.41, 5.74) is 2.50. The van der Waals surface area contributed by atoms with Crippen LogP contribution in [0.1, 0.15) is 44.5 Å². The summed E-state index contributed by atoms with van der Waals surface area (Å²) in [6.07, 6.45) is 3.67. The zero-order chi connectivity index (χ0) is 28.8. The zero-order valence-corrected chi connectivity index (χ0v) is 24.2. The highest BCUT2D eigenvalue weighted by Gasteiger charge is 2.40. The summed E-state index contributed by atoms with van der Waals surface area (Å²) in [4.78, 5) is 36.0. The number of amides is 1. The van der Waals surface area contributed by atoms with Gasteiger partial charge in [-0.2, -0.15) is 9.78 Å². The molecule has 0 N–H and O–H groups in total. The molecule has 0 spiro atoms. The molecule has 2 aliphatic heterocycles. The average Bonchev–Trinajstić information content (AvgIpc) is 3.35. The van der Waals surface area contributed by atoms with Crippen LogP contribution in [0.25, 0.3) is 0 Å². The average molecular weight is 569 g/mol. The molecule has 1 saturated heterocycles. The Kier molecular flexibility index (Phi) is 7.24. The number of nitrogens with zero attached hydrogens (tertiary/aromatic N) is 6. The highest BCUT2D eigenvalue weighted by molar-refractivity contribution is 6.30. The smallest absolute Gasteiger partial charge is 0.345 e. The van der Waals surface area contributed by atoms with Gasteiger partial charge in [-0.1, -0.05) is 31.5 Å². The summed E-state index contributed by atoms with van der Waals surface area (Å²) in [7, 11) is 1.37. The van der Waals surface area contributed by atoms with Crippen molar-refractivity contribution in [2.24, 2.45) is 0 Å². The first-order valence-electron chi connectivity index (χ1n) is 13.3. The van der Waals surface area contributed by atoms with Gasteiger partial charge in [0.15, 0.2) is 0 Å². The number of hydrogen-bond acceptors (Lipinski definition) is 7. The Morgan fingerprint density at radius 3 is 2.50 bits per heavy atom. The van der Waals surface area contributed by atoms with Crippen LogP contribution in [0.3, 0.4) is 0 Å². The van der Waals surface area contributed by atoms with Crippen molar-refractivity contribution in [3.63, 3.8) is 0 Å². The van der Waals surface area contributed by atoms with E-state index in [0.29, 0.717) is 32.7 Å². The van der Waals surface area contributed by atoms with E-state index in [4.69, 9.17) is 21.4 Å². The van der Waals surface area contributed by atoms with E-state index in [1.807, 2.05) is 43.1 Å². The molecule has 9 nitrogen and oxygen atoms in total. The predicted octanol–water partition coefficient (Wildman–Crippen LogP) is 4.65. The molecule has 4 heterocycles. The number of rotatable bonds is 4. The van der Waals surface area contributed by atoms with Crippen LogP contribution >= 0.6 is 11.6 Å². The SMILES string of the molecule is COC(=O)Cc1ccc(N2CCN(C(=O)n3cc4c(n3)C(C)(C)CN(c3ccc(Cl)c(F)c3)C4)C(C)(C)C2)nc1. The molecule has 0 saturated carbocycles. The van der Waals surface area contributed by atoms with Crippen LogP contribution in [0.15, 0.2) is 42.7 Å². The molecule has 1 fully saturated rings. The van der Waals surface area contributed by atoms with Gasteiger partial charge in [-0.3, -0.25) is 4.79 Å². The third kappa shape index (κ3) is 5.37. The molecule has 5 rings (SSSR count). The number of ether oxygens (including phenoxy) is 1. The van der Waals surface area contributed by atoms with Crippen molar-refractivity contribution in [1.82, 2.24) is 19.7 Å². The van der Waals surface area contributed by atoms with Gasteiger partial charge in [-0.25, -0.2) is 14.2 Å². The van der Waals surface area contributed by atoms with Crippen molar-refractivity contribution in [3.05, 3.63) is 70.4 Å². The first-order chi connectivity index (χ1) is 18.9. The maximum atomic E-state index is 14.2. The lowest BCUT2D eigenvalue weighted by Gasteiger charge is -2.47. The van der Waals surface area contributed by atoms with Gasteiger partial charge in [0, 0.05) is 61.8 Å². The number of esters is 1. The fourth-order valence-corrected chi connectivity index (χ4v) is 5.76. The molecule has 1 amide bonds. The number of fused-ring (bicyclic) bond motifs is 1. The van der Waals surface area contributed by atoms with Crippen molar-refractivity contribution >= 4 is 35.1 Å². The van der Waals surface area contributed by atoms with Crippen LogP contribution in [-0.2, 0) is 27.9 Å². The molecule has 0 atom stereocenters. The van der Waals surface area contributed by atoms with Crippen LogP contribution in [0.2, 0.25) is 5.02 Å². The number of carbonyl (C=O) groups is 2. The van der Waals surface area contributed by atoms with E-state index < -0.39 is 11.4 Å². The minimum Gasteiger partial charge on any atom is -0.469 e. The van der Waals surface area contributed by atoms with Crippen molar-refractivity contribution in [2.75, 3.05) is 43.1 Å². The molecule has 0 radical (unpaired) electrons. The van der Waals surface area contributed by atoms with Crippen molar-refractivity contribution in [3.8, 4) is 0 Å². The zero-order valence-electron chi connectivity index (χ0n) is 23.4. The summed E-state index contributed by atoms with van der Waals surface area (Å²) in [5.74, 6) is 0.0317. The van der Waals surface area contributed by atoms with Crippen LogP contribution in [0.5, 0.6) is 0 Å². The molecule has 0 bridgehead atoms. The Labute approximate surface area is 238 Å². The Morgan fingerprint density at radius 2 is 1.85 bits per heavy atom. The molecule has 2 aromatic heterocycles. The van der Waals surface area contributed by atoms with Gasteiger partial charge in [0.05, 0.1) is 29.8 Å². The minimum atomic E-state index is -0.490. The first kappa shape index (κ1) is 27.9. The predicted molar refractivity (Wildman–Crippen MR) is 151 cm³/mol. The molecule has 11 heteroatoms. The fraction of sp³-hybridized carbons (Fsp3) is 0.448.